The summed E-state index contributed by atoms with van der Waals surface area (Å²) < 4.78 is 60.8. The molecule has 2 aliphatic heterocycles. The predicted molar refractivity (Wildman–Crippen MR) is 129 cm³/mol. The van der Waals surface area contributed by atoms with E-state index < -0.39 is 35.6 Å². The van der Waals surface area contributed by atoms with Gasteiger partial charge in [-0.15, -0.1) is 0 Å². The Bertz CT molecular complexity index is 1310. The van der Waals surface area contributed by atoms with Crippen LogP contribution in [0.5, 0.6) is 0 Å². The molecule has 4 heterocycles. The number of nitrogens with zero attached hydrogens (tertiary/aromatic N) is 4. The van der Waals surface area contributed by atoms with Crippen molar-refractivity contribution in [1.29, 1.82) is 0 Å². The first-order valence-corrected chi connectivity index (χ1v) is 12.4. The molecule has 2 fully saturated rings. The van der Waals surface area contributed by atoms with Crippen LogP contribution in [0.4, 0.5) is 23.2 Å². The average Bonchev–Trinajstić information content (AvgIpc) is 3.52. The van der Waals surface area contributed by atoms with Crippen molar-refractivity contribution in [2.24, 2.45) is 0 Å². The van der Waals surface area contributed by atoms with Crippen LogP contribution in [0.25, 0.3) is 5.65 Å². The normalized spacial score (nSPS) is 21.7. The fourth-order valence-electron chi connectivity index (χ4n) is 5.02. The number of aliphatic hydroxyl groups excluding tert-OH is 1. The van der Waals surface area contributed by atoms with Crippen molar-refractivity contribution in [2.75, 3.05) is 31.2 Å². The summed E-state index contributed by atoms with van der Waals surface area (Å²) in [6, 6.07) is 3.76. The Labute approximate surface area is 215 Å². The van der Waals surface area contributed by atoms with E-state index in [1.165, 1.54) is 30.0 Å². The summed E-state index contributed by atoms with van der Waals surface area (Å²) in [6.07, 6.45) is -0.920. The molecule has 204 valence electrons. The SMILES string of the molecule is C[C@@H](NC(=O)c1cc(N2CCC(N[C@@H]3COC[C@@H]3O)CC2)c2ncnn2c1)c1cccc(C(F)(F)F)c1F. The second-order valence-corrected chi connectivity index (χ2v) is 9.68. The average molecular weight is 537 g/mol. The Kier molecular flexibility index (Phi) is 7.25. The van der Waals surface area contributed by atoms with E-state index in [9.17, 15) is 27.5 Å². The van der Waals surface area contributed by atoms with Crippen LogP contribution in [0.15, 0.2) is 36.8 Å². The van der Waals surface area contributed by atoms with E-state index >= 15 is 0 Å². The fraction of sp³-hybridized carbons (Fsp3) is 0.480. The number of rotatable bonds is 6. The van der Waals surface area contributed by atoms with Gasteiger partial charge in [0.2, 0.25) is 0 Å². The third-order valence-corrected chi connectivity index (χ3v) is 7.10. The number of ether oxygens (including phenoxy) is 1. The van der Waals surface area contributed by atoms with Crippen LogP contribution in [-0.2, 0) is 10.9 Å². The molecule has 0 spiro atoms. The Hall–Kier alpha value is -3.29. The molecule has 2 saturated heterocycles. The molecule has 0 aliphatic carbocycles. The van der Waals surface area contributed by atoms with Crippen LogP contribution in [-0.4, -0.2) is 70.1 Å². The monoisotopic (exact) mass is 536 g/mol. The molecule has 3 atom stereocenters. The molecule has 0 saturated carbocycles. The van der Waals surface area contributed by atoms with Crippen molar-refractivity contribution in [3.63, 3.8) is 0 Å². The number of alkyl halides is 3. The molecule has 0 radical (unpaired) electrons. The van der Waals surface area contributed by atoms with Gasteiger partial charge in [-0.2, -0.15) is 18.3 Å². The number of halogens is 4. The Balaban J connectivity index is 1.31. The second-order valence-electron chi connectivity index (χ2n) is 9.68. The van der Waals surface area contributed by atoms with E-state index in [0.717, 1.165) is 18.9 Å². The molecule has 9 nitrogen and oxygen atoms in total. The second kappa shape index (κ2) is 10.5. The van der Waals surface area contributed by atoms with E-state index in [1.807, 2.05) is 0 Å². The van der Waals surface area contributed by atoms with Gasteiger partial charge in [-0.25, -0.2) is 13.9 Å². The summed E-state index contributed by atoms with van der Waals surface area (Å²) >= 11 is 0. The van der Waals surface area contributed by atoms with Gasteiger partial charge >= 0.3 is 6.18 Å². The van der Waals surface area contributed by atoms with Gasteiger partial charge in [-0.05, 0) is 31.9 Å². The van der Waals surface area contributed by atoms with Crippen LogP contribution in [0.1, 0.15) is 47.3 Å². The minimum Gasteiger partial charge on any atom is -0.389 e. The predicted octanol–water partition coefficient (Wildman–Crippen LogP) is 2.70. The van der Waals surface area contributed by atoms with E-state index in [0.29, 0.717) is 43.7 Å². The maximum atomic E-state index is 14.6. The van der Waals surface area contributed by atoms with Crippen LogP contribution in [0.2, 0.25) is 0 Å². The summed E-state index contributed by atoms with van der Waals surface area (Å²) in [5.41, 5.74) is -0.179. The summed E-state index contributed by atoms with van der Waals surface area (Å²) in [5.74, 6) is -1.99. The van der Waals surface area contributed by atoms with Crippen molar-refractivity contribution >= 4 is 17.2 Å². The number of piperidine rings is 1. The Morgan fingerprint density at radius 2 is 2.00 bits per heavy atom. The smallest absolute Gasteiger partial charge is 0.389 e. The maximum Gasteiger partial charge on any atom is 0.419 e. The summed E-state index contributed by atoms with van der Waals surface area (Å²) in [4.78, 5) is 19.5. The maximum absolute atomic E-state index is 14.6. The molecule has 2 aliphatic rings. The van der Waals surface area contributed by atoms with Gasteiger partial charge in [-0.1, -0.05) is 12.1 Å². The van der Waals surface area contributed by atoms with Crippen molar-refractivity contribution in [2.45, 2.75) is 50.2 Å². The van der Waals surface area contributed by atoms with Crippen LogP contribution in [0, 0.1) is 5.82 Å². The van der Waals surface area contributed by atoms with E-state index in [4.69, 9.17) is 4.74 Å². The van der Waals surface area contributed by atoms with Gasteiger partial charge in [0.25, 0.3) is 5.91 Å². The highest BCUT2D eigenvalue weighted by atomic mass is 19.4. The van der Waals surface area contributed by atoms with Gasteiger partial charge < -0.3 is 25.4 Å². The number of pyridine rings is 1. The molecule has 1 aromatic carbocycles. The Morgan fingerprint density at radius 3 is 2.68 bits per heavy atom. The van der Waals surface area contributed by atoms with Crippen LogP contribution >= 0.6 is 0 Å². The zero-order valence-corrected chi connectivity index (χ0v) is 20.6. The summed E-state index contributed by atoms with van der Waals surface area (Å²) in [7, 11) is 0. The molecule has 0 unspecified atom stereocenters. The molecule has 3 aromatic rings. The number of nitrogens with one attached hydrogen (secondary N) is 2. The minimum absolute atomic E-state index is 0.0922. The number of aliphatic hydroxyl groups is 1. The quantitative estimate of drug-likeness (QED) is 0.417. The number of hydrogen-bond donors (Lipinski definition) is 3. The van der Waals surface area contributed by atoms with Gasteiger partial charge in [0.05, 0.1) is 48.2 Å². The molecule has 3 N–H and O–H groups in total. The molecular weight excluding hydrogens is 508 g/mol. The number of carbonyl (C=O) groups excluding carboxylic acids is 1. The number of benzene rings is 1. The van der Waals surface area contributed by atoms with Crippen molar-refractivity contribution in [1.82, 2.24) is 25.2 Å². The molecule has 5 rings (SSSR count). The number of amides is 1. The van der Waals surface area contributed by atoms with Gasteiger partial charge in [-0.3, -0.25) is 4.79 Å². The van der Waals surface area contributed by atoms with Crippen molar-refractivity contribution < 1.29 is 32.2 Å². The molecule has 2 aromatic heterocycles. The number of carbonyl (C=O) groups is 1. The lowest BCUT2D eigenvalue weighted by Crippen LogP contribution is -2.49. The first-order chi connectivity index (χ1) is 18.1. The highest BCUT2D eigenvalue weighted by Gasteiger charge is 2.35. The third-order valence-electron chi connectivity index (χ3n) is 7.10. The van der Waals surface area contributed by atoms with E-state index in [1.54, 1.807) is 6.07 Å². The van der Waals surface area contributed by atoms with Crippen molar-refractivity contribution in [3.05, 3.63) is 59.3 Å². The highest BCUT2D eigenvalue weighted by Crippen LogP contribution is 2.34. The van der Waals surface area contributed by atoms with Crippen molar-refractivity contribution in [3.8, 4) is 0 Å². The van der Waals surface area contributed by atoms with Gasteiger partial charge in [0, 0.05) is 30.9 Å². The number of aromatic nitrogens is 3. The minimum atomic E-state index is -4.84. The summed E-state index contributed by atoms with van der Waals surface area (Å²) in [6.45, 7) is 3.56. The number of anilines is 1. The first-order valence-electron chi connectivity index (χ1n) is 12.4. The van der Waals surface area contributed by atoms with E-state index in [2.05, 4.69) is 25.6 Å². The lowest BCUT2D eigenvalue weighted by molar-refractivity contribution is -0.140. The molecule has 38 heavy (non-hydrogen) atoms. The topological polar surface area (TPSA) is 104 Å². The lowest BCUT2D eigenvalue weighted by atomic mass is 10.0. The molecule has 0 bridgehead atoms. The van der Waals surface area contributed by atoms with Crippen LogP contribution in [0.3, 0.4) is 0 Å². The number of fused-ring (bicyclic) bond motifs is 1. The molecule has 1 amide bonds. The molecular formula is C25H28F4N6O3. The highest BCUT2D eigenvalue weighted by molar-refractivity contribution is 5.96. The Morgan fingerprint density at radius 1 is 1.24 bits per heavy atom. The fourth-order valence-corrected chi connectivity index (χ4v) is 5.02. The van der Waals surface area contributed by atoms with Gasteiger partial charge in [0.15, 0.2) is 5.65 Å². The largest absolute Gasteiger partial charge is 0.419 e. The number of hydrogen-bond acceptors (Lipinski definition) is 7. The standard InChI is InChI=1S/C25H28F4N6O3/c1-14(17-3-2-4-18(22(17)26)25(27,28)29)32-24(37)15-9-20(23-30-13-31-35(23)10-15)34-7-5-16(6-8-34)33-19-11-38-12-21(19)36/h2-4,9-10,13-14,16,19,21,33,36H,5-8,11-12H2,1H3,(H,32,37)/t14-,19-,21+/m1/s1. The van der Waals surface area contributed by atoms with Gasteiger partial charge in [0.1, 0.15) is 12.1 Å². The van der Waals surface area contributed by atoms with E-state index in [-0.39, 0.29) is 23.2 Å². The zero-order chi connectivity index (χ0) is 27.0. The first kappa shape index (κ1) is 26.3. The summed E-state index contributed by atoms with van der Waals surface area (Å²) in [5, 5.41) is 20.2. The lowest BCUT2D eigenvalue weighted by Gasteiger charge is -2.35. The van der Waals surface area contributed by atoms with Crippen LogP contribution < -0.4 is 15.5 Å². The zero-order valence-electron chi connectivity index (χ0n) is 20.6. The third kappa shape index (κ3) is 5.31. The molecule has 13 heteroatoms.